The number of rotatable bonds is 7. The number of hydrogen-bond donors (Lipinski definition) is 0. The molecule has 0 unspecified atom stereocenters. The molecular formula is C21H24FN3O4S. The van der Waals surface area contributed by atoms with Gasteiger partial charge in [-0.2, -0.15) is 9.57 Å². The molecule has 0 spiro atoms. The van der Waals surface area contributed by atoms with Gasteiger partial charge in [-0.25, -0.2) is 12.8 Å². The molecule has 7 nitrogen and oxygen atoms in total. The predicted octanol–water partition coefficient (Wildman–Crippen LogP) is 2.90. The van der Waals surface area contributed by atoms with E-state index in [1.807, 2.05) is 0 Å². The smallest absolute Gasteiger partial charge is 0.247 e. The van der Waals surface area contributed by atoms with Gasteiger partial charge in [-0.15, -0.1) is 0 Å². The Morgan fingerprint density at radius 1 is 1.23 bits per heavy atom. The van der Waals surface area contributed by atoms with Crippen LogP contribution in [0.3, 0.4) is 0 Å². The summed E-state index contributed by atoms with van der Waals surface area (Å²) in [5.74, 6) is 0.167. The Morgan fingerprint density at radius 2 is 2.00 bits per heavy atom. The monoisotopic (exact) mass is 433 g/mol. The van der Waals surface area contributed by atoms with Gasteiger partial charge in [-0.1, -0.05) is 12.1 Å². The number of hydrogen-bond acceptors (Lipinski definition) is 6. The Labute approximate surface area is 176 Å². The number of methoxy groups -OCH3 is 2. The first kappa shape index (κ1) is 21.9. The normalized spacial score (nSPS) is 16.5. The molecule has 160 valence electrons. The molecule has 2 aromatic carbocycles. The first-order valence-corrected chi connectivity index (χ1v) is 10.9. The fourth-order valence-electron chi connectivity index (χ4n) is 3.50. The summed E-state index contributed by atoms with van der Waals surface area (Å²) in [6.45, 7) is 2.36. The van der Waals surface area contributed by atoms with Crippen molar-refractivity contribution in [3.05, 3.63) is 53.3 Å². The quantitative estimate of drug-likeness (QED) is 0.625. The van der Waals surface area contributed by atoms with E-state index >= 15 is 0 Å². The molecule has 0 saturated carbocycles. The van der Waals surface area contributed by atoms with E-state index in [0.717, 1.165) is 0 Å². The summed E-state index contributed by atoms with van der Waals surface area (Å²) >= 11 is 0. The highest BCUT2D eigenvalue weighted by Crippen LogP contribution is 2.34. The van der Waals surface area contributed by atoms with E-state index in [4.69, 9.17) is 9.47 Å². The second-order valence-electron chi connectivity index (χ2n) is 7.14. The first-order valence-electron chi connectivity index (χ1n) is 9.43. The van der Waals surface area contributed by atoms with Crippen LogP contribution >= 0.6 is 0 Å². The van der Waals surface area contributed by atoms with Gasteiger partial charge in [-0.05, 0) is 42.7 Å². The van der Waals surface area contributed by atoms with Crippen molar-refractivity contribution in [3.63, 3.8) is 0 Å². The van der Waals surface area contributed by atoms with Crippen molar-refractivity contribution in [2.45, 2.75) is 30.8 Å². The van der Waals surface area contributed by atoms with Crippen molar-refractivity contribution in [2.75, 3.05) is 27.3 Å². The fourth-order valence-corrected chi connectivity index (χ4v) is 5.31. The number of sulfonamides is 1. The van der Waals surface area contributed by atoms with E-state index in [0.29, 0.717) is 29.8 Å². The maximum absolute atomic E-state index is 14.1. The summed E-state index contributed by atoms with van der Waals surface area (Å²) in [4.78, 5) is 1.48. The summed E-state index contributed by atoms with van der Waals surface area (Å²) in [7, 11) is -1.20. The maximum atomic E-state index is 14.1. The Hall–Kier alpha value is -2.83. The highest BCUT2D eigenvalue weighted by atomic mass is 32.2. The maximum Gasteiger partial charge on any atom is 0.247 e. The molecule has 0 aromatic heterocycles. The summed E-state index contributed by atoms with van der Waals surface area (Å²) in [5, 5.41) is 9.21. The summed E-state index contributed by atoms with van der Waals surface area (Å²) in [5.41, 5.74) is 1.01. The minimum absolute atomic E-state index is 0.0240. The van der Waals surface area contributed by atoms with Crippen LogP contribution in [0.25, 0.3) is 0 Å². The number of nitrogens with zero attached hydrogens (tertiary/aromatic N) is 3. The largest absolute Gasteiger partial charge is 0.497 e. The Morgan fingerprint density at radius 3 is 2.60 bits per heavy atom. The highest BCUT2D eigenvalue weighted by molar-refractivity contribution is 7.89. The summed E-state index contributed by atoms with van der Waals surface area (Å²) < 4.78 is 53.3. The predicted molar refractivity (Wildman–Crippen MR) is 109 cm³/mol. The van der Waals surface area contributed by atoms with Crippen molar-refractivity contribution >= 4 is 10.0 Å². The molecular weight excluding hydrogens is 409 g/mol. The van der Waals surface area contributed by atoms with Crippen molar-refractivity contribution in [1.29, 1.82) is 5.26 Å². The number of halogens is 1. The van der Waals surface area contributed by atoms with Crippen molar-refractivity contribution in [3.8, 4) is 17.7 Å². The van der Waals surface area contributed by atoms with Gasteiger partial charge in [0.1, 0.15) is 22.2 Å². The molecule has 30 heavy (non-hydrogen) atoms. The Kier molecular flexibility index (Phi) is 6.48. The SMILES string of the molecule is COc1ccc(OC)c(S(=O)(=O)N(Cc2ccc(C)c(F)c2)[C@@H]2CCN(C#N)C2)c1. The van der Waals surface area contributed by atoms with Gasteiger partial charge in [0.05, 0.1) is 14.2 Å². The topological polar surface area (TPSA) is 82.9 Å². The number of nitriles is 1. The van der Waals surface area contributed by atoms with Gasteiger partial charge < -0.3 is 14.4 Å². The lowest BCUT2D eigenvalue weighted by atomic mass is 10.1. The zero-order valence-electron chi connectivity index (χ0n) is 17.1. The van der Waals surface area contributed by atoms with Gasteiger partial charge >= 0.3 is 0 Å². The van der Waals surface area contributed by atoms with Crippen LogP contribution in [0.4, 0.5) is 4.39 Å². The average molecular weight is 434 g/mol. The number of aryl methyl sites for hydroxylation is 1. The van der Waals surface area contributed by atoms with Crippen LogP contribution in [-0.4, -0.2) is 51.0 Å². The molecule has 0 radical (unpaired) electrons. The molecule has 1 fully saturated rings. The Bertz CT molecular complexity index is 1070. The first-order chi connectivity index (χ1) is 14.3. The molecule has 0 N–H and O–H groups in total. The molecule has 1 aliphatic rings. The number of benzene rings is 2. The van der Waals surface area contributed by atoms with Gasteiger partial charge in [0.15, 0.2) is 6.19 Å². The molecule has 3 rings (SSSR count). The van der Waals surface area contributed by atoms with E-state index in [1.165, 1.54) is 41.6 Å². The van der Waals surface area contributed by atoms with Crippen molar-refractivity contribution in [1.82, 2.24) is 9.21 Å². The third kappa shape index (κ3) is 4.35. The second-order valence-corrected chi connectivity index (χ2v) is 9.00. The lowest BCUT2D eigenvalue weighted by Crippen LogP contribution is -2.41. The molecule has 9 heteroatoms. The van der Waals surface area contributed by atoms with Gasteiger partial charge in [0.2, 0.25) is 10.0 Å². The highest BCUT2D eigenvalue weighted by Gasteiger charge is 2.37. The van der Waals surface area contributed by atoms with E-state index in [2.05, 4.69) is 6.19 Å². The third-order valence-electron chi connectivity index (χ3n) is 5.24. The van der Waals surface area contributed by atoms with E-state index < -0.39 is 21.9 Å². The van der Waals surface area contributed by atoms with Gasteiger partial charge in [0, 0.05) is 31.7 Å². The summed E-state index contributed by atoms with van der Waals surface area (Å²) in [6.07, 6.45) is 2.56. The van der Waals surface area contributed by atoms with E-state index in [9.17, 15) is 18.1 Å². The van der Waals surface area contributed by atoms with E-state index in [-0.39, 0.29) is 23.7 Å². The van der Waals surface area contributed by atoms with Crippen molar-refractivity contribution in [2.24, 2.45) is 0 Å². The molecule has 0 bridgehead atoms. The number of ether oxygens (including phenoxy) is 2. The fraction of sp³-hybridized carbons (Fsp3) is 0.381. The Balaban J connectivity index is 2.07. The molecule has 2 aromatic rings. The molecule has 0 aliphatic carbocycles. The molecule has 1 saturated heterocycles. The van der Waals surface area contributed by atoms with Crippen LogP contribution in [0.2, 0.25) is 0 Å². The van der Waals surface area contributed by atoms with Crippen LogP contribution in [-0.2, 0) is 16.6 Å². The zero-order valence-corrected chi connectivity index (χ0v) is 17.9. The minimum atomic E-state index is -4.04. The van der Waals surface area contributed by atoms with Gasteiger partial charge in [-0.3, -0.25) is 0 Å². The average Bonchev–Trinajstić information content (AvgIpc) is 3.22. The van der Waals surface area contributed by atoms with Gasteiger partial charge in [0.25, 0.3) is 0 Å². The standard InChI is InChI=1S/C21H24FN3O4S/c1-15-4-5-16(10-19(15)22)12-25(17-8-9-24(13-17)14-23)30(26,27)21-11-18(28-2)6-7-20(21)29-3/h4-7,10-11,17H,8-9,12-13H2,1-3H3/t17-/m1/s1. The second kappa shape index (κ2) is 8.90. The molecule has 1 heterocycles. The van der Waals surface area contributed by atoms with Crippen LogP contribution in [0, 0.1) is 24.2 Å². The van der Waals surface area contributed by atoms with Crippen LogP contribution in [0.15, 0.2) is 41.3 Å². The van der Waals surface area contributed by atoms with Crippen LogP contribution in [0.1, 0.15) is 17.5 Å². The minimum Gasteiger partial charge on any atom is -0.497 e. The van der Waals surface area contributed by atoms with E-state index in [1.54, 1.807) is 25.1 Å². The number of likely N-dealkylation sites (tertiary alicyclic amines) is 1. The van der Waals surface area contributed by atoms with Crippen molar-refractivity contribution < 1.29 is 22.3 Å². The molecule has 1 aliphatic heterocycles. The zero-order chi connectivity index (χ0) is 21.9. The van der Waals surface area contributed by atoms with Crippen LogP contribution in [0.5, 0.6) is 11.5 Å². The molecule has 1 atom stereocenters. The third-order valence-corrected chi connectivity index (χ3v) is 7.16. The lowest BCUT2D eigenvalue weighted by molar-refractivity contribution is 0.311. The summed E-state index contributed by atoms with van der Waals surface area (Å²) in [6, 6.07) is 8.80. The van der Waals surface area contributed by atoms with Crippen LogP contribution < -0.4 is 9.47 Å². The lowest BCUT2D eigenvalue weighted by Gasteiger charge is -2.28. The molecule has 0 amide bonds.